The molecule has 200 valence electrons. The average Bonchev–Trinajstić information content (AvgIpc) is 3.50. The number of nitrogens with zero attached hydrogens (tertiary/aromatic N) is 2. The highest BCUT2D eigenvalue weighted by molar-refractivity contribution is 9.10. The van der Waals surface area contributed by atoms with Crippen molar-refractivity contribution in [1.29, 1.82) is 0 Å². The minimum absolute atomic E-state index is 0.0354. The van der Waals surface area contributed by atoms with Crippen LogP contribution in [0.5, 0.6) is 5.75 Å². The highest BCUT2D eigenvalue weighted by Gasteiger charge is 2.52. The molecular formula is C29H32BrN3O5. The number of hydrogen-bond acceptors (Lipinski definition) is 5. The highest BCUT2D eigenvalue weighted by Crippen LogP contribution is 2.34. The fourth-order valence-corrected chi connectivity index (χ4v) is 6.48. The molecule has 3 fully saturated rings. The van der Waals surface area contributed by atoms with Gasteiger partial charge in [0, 0.05) is 28.9 Å². The number of carbonyl (C=O) groups excluding carboxylic acids is 4. The van der Waals surface area contributed by atoms with Crippen LogP contribution in [-0.2, 0) is 20.8 Å². The molecule has 0 radical (unpaired) electrons. The number of likely N-dealkylation sites (tertiary alicyclic amines) is 2. The molecule has 2 saturated heterocycles. The number of phenols is 1. The summed E-state index contributed by atoms with van der Waals surface area (Å²) in [5.41, 5.74) is 1.17. The third-order valence-corrected chi connectivity index (χ3v) is 8.50. The van der Waals surface area contributed by atoms with Gasteiger partial charge in [-0.1, -0.05) is 53.4 Å². The van der Waals surface area contributed by atoms with Crippen molar-refractivity contribution in [2.24, 2.45) is 5.92 Å². The lowest BCUT2D eigenvalue weighted by Crippen LogP contribution is -2.53. The number of fused-ring (bicyclic) bond motifs is 1. The number of rotatable bonds is 6. The normalized spacial score (nSPS) is 22.3. The van der Waals surface area contributed by atoms with E-state index >= 15 is 0 Å². The summed E-state index contributed by atoms with van der Waals surface area (Å²) in [4.78, 5) is 56.8. The van der Waals surface area contributed by atoms with Gasteiger partial charge in [0.2, 0.25) is 11.8 Å². The summed E-state index contributed by atoms with van der Waals surface area (Å²) >= 11 is 3.37. The van der Waals surface area contributed by atoms with Crippen molar-refractivity contribution in [3.05, 3.63) is 64.1 Å². The number of carbonyl (C=O) groups is 4. The number of ketones is 1. The standard InChI is InChI=1S/C29H32BrN3O5/c30-21-8-4-7-20(16-21)27(36)31-23(15-18-9-11-22(34)12-10-18)29(38)32-14-13-24-26(32)25(35)17-33(24)28(37)19-5-2-1-3-6-19/h4,7-12,16,19,23-24,26,34H,1-3,5-6,13-15,17H2,(H,31,36)/t23-,24+,26-/m0/s1. The Kier molecular flexibility index (Phi) is 7.83. The Bertz CT molecular complexity index is 1230. The van der Waals surface area contributed by atoms with Crippen molar-refractivity contribution in [3.63, 3.8) is 0 Å². The molecule has 2 heterocycles. The Morgan fingerprint density at radius 1 is 1.00 bits per heavy atom. The zero-order chi connectivity index (χ0) is 26.8. The van der Waals surface area contributed by atoms with Gasteiger partial charge in [-0.15, -0.1) is 0 Å². The predicted molar refractivity (Wildman–Crippen MR) is 144 cm³/mol. The molecular weight excluding hydrogens is 550 g/mol. The van der Waals surface area contributed by atoms with Gasteiger partial charge in [-0.2, -0.15) is 0 Å². The molecule has 0 unspecified atom stereocenters. The Hall–Kier alpha value is -3.20. The zero-order valence-corrected chi connectivity index (χ0v) is 22.7. The molecule has 0 spiro atoms. The van der Waals surface area contributed by atoms with E-state index in [4.69, 9.17) is 0 Å². The van der Waals surface area contributed by atoms with Crippen molar-refractivity contribution in [2.45, 2.75) is 63.1 Å². The van der Waals surface area contributed by atoms with Crippen LogP contribution in [-0.4, -0.2) is 69.6 Å². The summed E-state index contributed by atoms with van der Waals surface area (Å²) < 4.78 is 0.744. The first-order valence-electron chi connectivity index (χ1n) is 13.3. The second kappa shape index (κ2) is 11.3. The molecule has 2 aromatic rings. The molecule has 0 bridgehead atoms. The molecule has 5 rings (SSSR count). The number of Topliss-reactive ketones (excluding diaryl/α,β-unsaturated/α-hetero) is 1. The second-order valence-electron chi connectivity index (χ2n) is 10.5. The van der Waals surface area contributed by atoms with E-state index in [0.29, 0.717) is 18.5 Å². The van der Waals surface area contributed by atoms with E-state index in [0.717, 1.165) is 42.1 Å². The molecule has 0 aromatic heterocycles. The minimum Gasteiger partial charge on any atom is -0.508 e. The van der Waals surface area contributed by atoms with Crippen LogP contribution in [0, 0.1) is 5.92 Å². The number of hydrogen-bond donors (Lipinski definition) is 2. The largest absolute Gasteiger partial charge is 0.508 e. The SMILES string of the molecule is O=C(N[C@@H](Cc1ccc(O)cc1)C(=O)N1CC[C@@H]2[C@H]1C(=O)CN2C(=O)C1CCCCC1)c1cccc(Br)c1. The molecule has 2 aliphatic heterocycles. The number of aromatic hydroxyl groups is 1. The van der Waals surface area contributed by atoms with Gasteiger partial charge in [0.15, 0.2) is 5.78 Å². The third kappa shape index (κ3) is 5.48. The van der Waals surface area contributed by atoms with Crippen LogP contribution in [0.4, 0.5) is 0 Å². The number of amides is 3. The van der Waals surface area contributed by atoms with Gasteiger partial charge < -0.3 is 20.2 Å². The van der Waals surface area contributed by atoms with Crippen molar-refractivity contribution < 1.29 is 24.3 Å². The van der Waals surface area contributed by atoms with E-state index < -0.39 is 18.0 Å². The van der Waals surface area contributed by atoms with Gasteiger partial charge >= 0.3 is 0 Å². The van der Waals surface area contributed by atoms with Crippen LogP contribution in [0.1, 0.15) is 54.4 Å². The van der Waals surface area contributed by atoms with Crippen molar-refractivity contribution >= 4 is 39.4 Å². The van der Waals surface area contributed by atoms with Crippen LogP contribution in [0.2, 0.25) is 0 Å². The fraction of sp³-hybridized carbons (Fsp3) is 0.448. The first kappa shape index (κ1) is 26.4. The summed E-state index contributed by atoms with van der Waals surface area (Å²) in [7, 11) is 0. The van der Waals surface area contributed by atoms with Gasteiger partial charge in [-0.3, -0.25) is 19.2 Å². The smallest absolute Gasteiger partial charge is 0.251 e. The molecule has 1 aliphatic carbocycles. The van der Waals surface area contributed by atoms with Crippen LogP contribution in [0.3, 0.4) is 0 Å². The molecule has 2 N–H and O–H groups in total. The molecule has 9 heteroatoms. The van der Waals surface area contributed by atoms with Gasteiger partial charge in [0.25, 0.3) is 5.91 Å². The highest BCUT2D eigenvalue weighted by atomic mass is 79.9. The fourth-order valence-electron chi connectivity index (χ4n) is 6.08. The Balaban J connectivity index is 1.35. The number of benzene rings is 2. The third-order valence-electron chi connectivity index (χ3n) is 8.01. The number of phenolic OH excluding ortho intramolecular Hbond substituents is 1. The summed E-state index contributed by atoms with van der Waals surface area (Å²) in [6.07, 6.45) is 5.68. The first-order valence-corrected chi connectivity index (χ1v) is 14.1. The van der Waals surface area contributed by atoms with E-state index in [2.05, 4.69) is 21.2 Å². The average molecular weight is 582 g/mol. The lowest BCUT2D eigenvalue weighted by atomic mass is 9.88. The van der Waals surface area contributed by atoms with Crippen LogP contribution >= 0.6 is 15.9 Å². The van der Waals surface area contributed by atoms with Gasteiger partial charge in [0.05, 0.1) is 12.6 Å². The molecule has 3 aliphatic rings. The van der Waals surface area contributed by atoms with E-state index in [1.807, 2.05) is 6.07 Å². The van der Waals surface area contributed by atoms with Crippen molar-refractivity contribution in [1.82, 2.24) is 15.1 Å². The molecule has 8 nitrogen and oxygen atoms in total. The monoisotopic (exact) mass is 581 g/mol. The van der Waals surface area contributed by atoms with E-state index in [-0.39, 0.29) is 48.3 Å². The lowest BCUT2D eigenvalue weighted by molar-refractivity contribution is -0.138. The molecule has 38 heavy (non-hydrogen) atoms. The summed E-state index contributed by atoms with van der Waals surface area (Å²) in [5.74, 6) is -0.737. The van der Waals surface area contributed by atoms with Crippen molar-refractivity contribution in [2.75, 3.05) is 13.1 Å². The van der Waals surface area contributed by atoms with Crippen LogP contribution in [0.15, 0.2) is 53.0 Å². The van der Waals surface area contributed by atoms with Crippen LogP contribution < -0.4 is 5.32 Å². The van der Waals surface area contributed by atoms with E-state index in [1.165, 1.54) is 12.1 Å². The number of halogens is 1. The van der Waals surface area contributed by atoms with Gasteiger partial charge in [-0.25, -0.2) is 0 Å². The Labute approximate surface area is 230 Å². The molecule has 3 amide bonds. The predicted octanol–water partition coefficient (Wildman–Crippen LogP) is 3.46. The molecule has 2 aromatic carbocycles. The van der Waals surface area contributed by atoms with E-state index in [1.54, 1.807) is 40.1 Å². The summed E-state index contributed by atoms with van der Waals surface area (Å²) in [5, 5.41) is 12.5. The zero-order valence-electron chi connectivity index (χ0n) is 21.1. The quantitative estimate of drug-likeness (QED) is 0.543. The topological polar surface area (TPSA) is 107 Å². The Morgan fingerprint density at radius 2 is 1.74 bits per heavy atom. The summed E-state index contributed by atoms with van der Waals surface area (Å²) in [6, 6.07) is 11.5. The van der Waals surface area contributed by atoms with Crippen molar-refractivity contribution in [3.8, 4) is 5.75 Å². The lowest BCUT2D eigenvalue weighted by Gasteiger charge is -2.30. The first-order chi connectivity index (χ1) is 18.3. The van der Waals surface area contributed by atoms with Gasteiger partial charge in [0.1, 0.15) is 17.8 Å². The maximum absolute atomic E-state index is 13.9. The van der Waals surface area contributed by atoms with Gasteiger partial charge in [-0.05, 0) is 55.2 Å². The second-order valence-corrected chi connectivity index (χ2v) is 11.4. The maximum Gasteiger partial charge on any atom is 0.251 e. The number of nitrogens with one attached hydrogen (secondary N) is 1. The maximum atomic E-state index is 13.9. The molecule has 3 atom stereocenters. The van der Waals surface area contributed by atoms with Crippen LogP contribution in [0.25, 0.3) is 0 Å². The minimum atomic E-state index is -0.916. The molecule has 1 saturated carbocycles. The Morgan fingerprint density at radius 3 is 2.45 bits per heavy atom. The van der Waals surface area contributed by atoms with E-state index in [9.17, 15) is 24.3 Å². The summed E-state index contributed by atoms with van der Waals surface area (Å²) in [6.45, 7) is 0.397.